The van der Waals surface area contributed by atoms with Crippen LogP contribution in [0.25, 0.3) is 5.69 Å². The predicted molar refractivity (Wildman–Crippen MR) is 170 cm³/mol. The fourth-order valence-electron chi connectivity index (χ4n) is 5.36. The van der Waals surface area contributed by atoms with Crippen LogP contribution in [0, 0.1) is 0 Å². The fourth-order valence-corrected chi connectivity index (χ4v) is 6.27. The predicted octanol–water partition coefficient (Wildman–Crippen LogP) is 5.67. The molecule has 0 bridgehead atoms. The largest absolute Gasteiger partial charge is 0.497 e. The molecule has 4 aromatic rings. The summed E-state index contributed by atoms with van der Waals surface area (Å²) >= 11 is 1.61. The van der Waals surface area contributed by atoms with Crippen LogP contribution in [0.1, 0.15) is 54.0 Å². The number of methoxy groups -OCH3 is 1. The van der Waals surface area contributed by atoms with E-state index >= 15 is 0 Å². The summed E-state index contributed by atoms with van der Waals surface area (Å²) in [7, 11) is 1.66. The van der Waals surface area contributed by atoms with E-state index in [0.29, 0.717) is 38.0 Å². The van der Waals surface area contributed by atoms with Crippen molar-refractivity contribution in [3.05, 3.63) is 101 Å². The molecule has 2 amide bonds. The maximum absolute atomic E-state index is 13.1. The van der Waals surface area contributed by atoms with Crippen molar-refractivity contribution in [3.8, 4) is 11.4 Å². The molecule has 0 saturated carbocycles. The van der Waals surface area contributed by atoms with Gasteiger partial charge in [-0.2, -0.15) is 0 Å². The van der Waals surface area contributed by atoms with Crippen molar-refractivity contribution >= 4 is 23.6 Å². The third-order valence-electron chi connectivity index (χ3n) is 7.85. The van der Waals surface area contributed by atoms with Gasteiger partial charge >= 0.3 is 0 Å². The minimum Gasteiger partial charge on any atom is -0.497 e. The van der Waals surface area contributed by atoms with E-state index in [1.54, 1.807) is 18.9 Å². The normalized spacial score (nSPS) is 15.0. The van der Waals surface area contributed by atoms with E-state index < -0.39 is 0 Å². The number of carbonyl (C=O) groups excluding carboxylic acids is 2. The zero-order chi connectivity index (χ0) is 30.2. The molecule has 3 aromatic carbocycles. The molecule has 0 aliphatic carbocycles. The van der Waals surface area contributed by atoms with Crippen LogP contribution in [0.2, 0.25) is 0 Å². The van der Waals surface area contributed by atoms with Gasteiger partial charge in [-0.25, -0.2) is 0 Å². The molecule has 1 aliphatic heterocycles. The van der Waals surface area contributed by atoms with Gasteiger partial charge in [0.2, 0.25) is 5.91 Å². The van der Waals surface area contributed by atoms with E-state index in [1.165, 1.54) is 5.56 Å². The van der Waals surface area contributed by atoms with Gasteiger partial charge in [-0.1, -0.05) is 61.2 Å². The summed E-state index contributed by atoms with van der Waals surface area (Å²) in [4.78, 5) is 30.0. The Labute approximate surface area is 258 Å². The number of carbonyl (C=O) groups is 2. The molecule has 224 valence electrons. The van der Waals surface area contributed by atoms with Crippen molar-refractivity contribution in [3.63, 3.8) is 0 Å². The molecule has 43 heavy (non-hydrogen) atoms. The molecule has 1 unspecified atom stereocenters. The van der Waals surface area contributed by atoms with Gasteiger partial charge in [0.05, 0.1) is 7.11 Å². The number of nitrogens with zero attached hydrogens (tertiary/aromatic N) is 5. The topological polar surface area (TPSA) is 80.6 Å². The number of hydrogen-bond donors (Lipinski definition) is 0. The summed E-state index contributed by atoms with van der Waals surface area (Å²) < 4.78 is 7.44. The first kappa shape index (κ1) is 30.4. The van der Waals surface area contributed by atoms with Crippen LogP contribution in [0.15, 0.2) is 84.0 Å². The highest BCUT2D eigenvalue weighted by Crippen LogP contribution is 2.26. The van der Waals surface area contributed by atoms with E-state index in [-0.39, 0.29) is 17.9 Å². The van der Waals surface area contributed by atoms with E-state index in [1.807, 2.05) is 83.5 Å². The standard InChI is InChI=1S/C34H39N5O3S/c1-4-26-12-14-28(15-13-26)33(41)38-21-20-37(24-25(38)2)32(40)11-8-22-43-34-36-35-31(23-27-9-6-5-7-10-27)39(34)29-16-18-30(42-3)19-17-29/h5-7,9-10,12-19,25H,4,8,11,20-24H2,1-3H3. The van der Waals surface area contributed by atoms with Crippen LogP contribution in [0.5, 0.6) is 5.75 Å². The smallest absolute Gasteiger partial charge is 0.254 e. The summed E-state index contributed by atoms with van der Waals surface area (Å²) in [5.74, 6) is 2.56. The molecule has 1 atom stereocenters. The van der Waals surface area contributed by atoms with Crippen molar-refractivity contribution in [2.45, 2.75) is 50.7 Å². The molecule has 0 N–H and O–H groups in total. The highest BCUT2D eigenvalue weighted by molar-refractivity contribution is 7.99. The summed E-state index contributed by atoms with van der Waals surface area (Å²) in [6.45, 7) is 5.78. The number of aryl methyl sites for hydroxylation is 1. The lowest BCUT2D eigenvalue weighted by Gasteiger charge is -2.40. The Morgan fingerprint density at radius 2 is 1.67 bits per heavy atom. The van der Waals surface area contributed by atoms with Crippen molar-refractivity contribution in [2.24, 2.45) is 0 Å². The first-order valence-electron chi connectivity index (χ1n) is 14.9. The molecule has 8 nitrogen and oxygen atoms in total. The number of ether oxygens (including phenoxy) is 1. The van der Waals surface area contributed by atoms with Gasteiger partial charge in [-0.05, 0) is 67.3 Å². The summed E-state index contributed by atoms with van der Waals surface area (Å²) in [6.07, 6.45) is 2.79. The average molecular weight is 598 g/mol. The number of benzene rings is 3. The van der Waals surface area contributed by atoms with Gasteiger partial charge in [-0.15, -0.1) is 10.2 Å². The SMILES string of the molecule is CCc1ccc(C(=O)N2CCN(C(=O)CCCSc3nnc(Cc4ccccc4)n3-c3ccc(OC)cc3)CC2C)cc1. The van der Waals surface area contributed by atoms with Gasteiger partial charge < -0.3 is 14.5 Å². The second kappa shape index (κ2) is 14.4. The number of rotatable bonds is 11. The number of thioether (sulfide) groups is 1. The summed E-state index contributed by atoms with van der Waals surface area (Å²) in [5.41, 5.74) is 4.05. The molecule has 5 rings (SSSR count). The Hall–Kier alpha value is -4.11. The first-order valence-corrected chi connectivity index (χ1v) is 15.9. The van der Waals surface area contributed by atoms with E-state index in [4.69, 9.17) is 4.74 Å². The van der Waals surface area contributed by atoms with Crippen LogP contribution in [-0.4, -0.2) is 74.9 Å². The third-order valence-corrected chi connectivity index (χ3v) is 8.87. The number of piperazine rings is 1. The Bertz CT molecular complexity index is 1510. The number of aromatic nitrogens is 3. The Morgan fingerprint density at radius 1 is 0.930 bits per heavy atom. The van der Waals surface area contributed by atoms with Gasteiger partial charge in [-0.3, -0.25) is 14.2 Å². The quantitative estimate of drug-likeness (QED) is 0.164. The molecule has 0 radical (unpaired) electrons. The van der Waals surface area contributed by atoms with Gasteiger partial charge in [0.15, 0.2) is 5.16 Å². The molecule has 1 fully saturated rings. The van der Waals surface area contributed by atoms with Crippen LogP contribution < -0.4 is 4.74 Å². The van der Waals surface area contributed by atoms with E-state index in [0.717, 1.165) is 46.6 Å². The second-order valence-electron chi connectivity index (χ2n) is 10.8. The second-order valence-corrected chi connectivity index (χ2v) is 11.8. The maximum Gasteiger partial charge on any atom is 0.254 e. The lowest BCUT2D eigenvalue weighted by Crippen LogP contribution is -2.55. The Morgan fingerprint density at radius 3 is 2.35 bits per heavy atom. The zero-order valence-corrected chi connectivity index (χ0v) is 25.9. The van der Waals surface area contributed by atoms with Crippen molar-refractivity contribution in [1.82, 2.24) is 24.6 Å². The third kappa shape index (κ3) is 7.46. The molecule has 0 spiro atoms. The first-order chi connectivity index (χ1) is 21.0. The van der Waals surface area contributed by atoms with Gasteiger partial charge in [0.1, 0.15) is 11.6 Å². The van der Waals surface area contributed by atoms with E-state index in [2.05, 4.69) is 33.8 Å². The van der Waals surface area contributed by atoms with Crippen LogP contribution in [0.4, 0.5) is 0 Å². The molecular formula is C34H39N5O3S. The van der Waals surface area contributed by atoms with Crippen molar-refractivity contribution in [2.75, 3.05) is 32.5 Å². The molecule has 9 heteroatoms. The van der Waals surface area contributed by atoms with E-state index in [9.17, 15) is 9.59 Å². The van der Waals surface area contributed by atoms with Crippen LogP contribution in [0.3, 0.4) is 0 Å². The zero-order valence-electron chi connectivity index (χ0n) is 25.1. The van der Waals surface area contributed by atoms with Gasteiger partial charge in [0.25, 0.3) is 5.91 Å². The summed E-state index contributed by atoms with van der Waals surface area (Å²) in [5, 5.41) is 9.85. The minimum atomic E-state index is -0.0310. The highest BCUT2D eigenvalue weighted by Gasteiger charge is 2.30. The average Bonchev–Trinajstić information content (AvgIpc) is 3.45. The molecular weight excluding hydrogens is 558 g/mol. The van der Waals surface area contributed by atoms with Crippen molar-refractivity contribution in [1.29, 1.82) is 0 Å². The van der Waals surface area contributed by atoms with Crippen molar-refractivity contribution < 1.29 is 14.3 Å². The Kier molecular flexibility index (Phi) is 10.1. The molecule has 2 heterocycles. The maximum atomic E-state index is 13.1. The molecule has 1 saturated heterocycles. The van der Waals surface area contributed by atoms with Crippen LogP contribution >= 0.6 is 11.8 Å². The number of hydrogen-bond acceptors (Lipinski definition) is 6. The Balaban J connectivity index is 1.16. The highest BCUT2D eigenvalue weighted by atomic mass is 32.2. The molecule has 1 aliphatic rings. The lowest BCUT2D eigenvalue weighted by molar-refractivity contribution is -0.133. The summed E-state index contributed by atoms with van der Waals surface area (Å²) in [6, 6.07) is 25.9. The van der Waals surface area contributed by atoms with Crippen LogP contribution in [-0.2, 0) is 17.6 Å². The molecule has 1 aromatic heterocycles. The number of amides is 2. The monoisotopic (exact) mass is 597 g/mol. The fraction of sp³-hybridized carbons (Fsp3) is 0.353. The lowest BCUT2D eigenvalue weighted by atomic mass is 10.1. The van der Waals surface area contributed by atoms with Gasteiger partial charge in [0, 0.05) is 55.5 Å². The minimum absolute atomic E-state index is 0.0310.